The van der Waals surface area contributed by atoms with Crippen LogP contribution >= 0.6 is 11.6 Å². The number of hydrogen-bond acceptors (Lipinski definition) is 2. The Kier molecular flexibility index (Phi) is 6.79. The lowest BCUT2D eigenvalue weighted by atomic mass is 9.77. The Bertz CT molecular complexity index is 1110. The fourth-order valence-corrected chi connectivity index (χ4v) is 5.72. The first kappa shape index (κ1) is 22.7. The molecule has 1 atom stereocenters. The summed E-state index contributed by atoms with van der Waals surface area (Å²) in [6.07, 6.45) is 1.48. The molecule has 1 heterocycles. The number of anilines is 1. The second-order valence-corrected chi connectivity index (χ2v) is 10.1. The molecule has 3 aromatic carbocycles. The lowest BCUT2D eigenvalue weighted by Gasteiger charge is -2.37. The summed E-state index contributed by atoms with van der Waals surface area (Å²) in [6, 6.07) is 18.9. The molecule has 0 spiro atoms. The smallest absolute Gasteiger partial charge is 0.271 e. The standard InChI is InChI=1S/C24H23ClF2N2O2S/c25-20-7-13-23(14-8-20)28-32(30,31)29-15-1-2-19(16-29)24(17-3-9-21(26)10-4-17)18-5-11-22(27)12-6-18/h3-14,19,24,28H,1-2,15-16H2. The Hall–Kier alpha value is -2.48. The van der Waals surface area contributed by atoms with Gasteiger partial charge in [-0.25, -0.2) is 8.78 Å². The van der Waals surface area contributed by atoms with Gasteiger partial charge in [-0.1, -0.05) is 35.9 Å². The maximum absolute atomic E-state index is 13.5. The predicted molar refractivity (Wildman–Crippen MR) is 123 cm³/mol. The molecule has 1 unspecified atom stereocenters. The molecule has 0 aromatic heterocycles. The van der Waals surface area contributed by atoms with Gasteiger partial charge in [0.15, 0.2) is 0 Å². The van der Waals surface area contributed by atoms with Crippen molar-refractivity contribution in [3.63, 3.8) is 0 Å². The molecule has 4 nitrogen and oxygen atoms in total. The SMILES string of the molecule is O=S(=O)(Nc1ccc(Cl)cc1)N1CCCC(C(c2ccc(F)cc2)c2ccc(F)cc2)C1. The molecule has 0 amide bonds. The number of nitrogens with zero attached hydrogens (tertiary/aromatic N) is 1. The number of halogens is 3. The Balaban J connectivity index is 1.61. The molecule has 1 aliphatic rings. The normalized spacial score (nSPS) is 17.4. The first-order valence-electron chi connectivity index (χ1n) is 10.4. The molecule has 3 aromatic rings. The van der Waals surface area contributed by atoms with Gasteiger partial charge in [-0.05, 0) is 78.4 Å². The molecule has 0 saturated carbocycles. The summed E-state index contributed by atoms with van der Waals surface area (Å²) in [7, 11) is -3.77. The largest absolute Gasteiger partial charge is 0.301 e. The van der Waals surface area contributed by atoms with E-state index in [-0.39, 0.29) is 23.5 Å². The van der Waals surface area contributed by atoms with E-state index < -0.39 is 10.2 Å². The van der Waals surface area contributed by atoms with E-state index in [1.54, 1.807) is 48.5 Å². The topological polar surface area (TPSA) is 49.4 Å². The predicted octanol–water partition coefficient (Wildman–Crippen LogP) is 5.82. The average Bonchev–Trinajstić information content (AvgIpc) is 2.78. The first-order chi connectivity index (χ1) is 15.3. The van der Waals surface area contributed by atoms with Crippen LogP contribution in [0, 0.1) is 17.6 Å². The van der Waals surface area contributed by atoms with Gasteiger partial charge in [-0.15, -0.1) is 0 Å². The molecule has 1 fully saturated rings. The van der Waals surface area contributed by atoms with Gasteiger partial charge in [-0.3, -0.25) is 4.72 Å². The molecule has 1 aliphatic heterocycles. The number of benzene rings is 3. The van der Waals surface area contributed by atoms with Crippen LogP contribution in [0.15, 0.2) is 72.8 Å². The minimum Gasteiger partial charge on any atom is -0.271 e. The fraction of sp³-hybridized carbons (Fsp3) is 0.250. The summed E-state index contributed by atoms with van der Waals surface area (Å²) >= 11 is 5.89. The highest BCUT2D eigenvalue weighted by Crippen LogP contribution is 2.38. The lowest BCUT2D eigenvalue weighted by molar-refractivity contribution is 0.250. The Morgan fingerprint density at radius 1 is 0.875 bits per heavy atom. The van der Waals surface area contributed by atoms with Crippen molar-refractivity contribution in [2.24, 2.45) is 5.92 Å². The zero-order chi connectivity index (χ0) is 22.7. The van der Waals surface area contributed by atoms with E-state index in [1.807, 2.05) is 0 Å². The zero-order valence-corrected chi connectivity index (χ0v) is 18.8. The third-order valence-electron chi connectivity index (χ3n) is 5.78. The summed E-state index contributed by atoms with van der Waals surface area (Å²) in [5.74, 6) is -0.926. The van der Waals surface area contributed by atoms with Crippen molar-refractivity contribution in [3.05, 3.63) is 101 Å². The van der Waals surface area contributed by atoms with Gasteiger partial charge in [-0.2, -0.15) is 12.7 Å². The molecule has 0 aliphatic carbocycles. The fourth-order valence-electron chi connectivity index (χ4n) is 4.27. The number of hydrogen-bond donors (Lipinski definition) is 1. The summed E-state index contributed by atoms with van der Waals surface area (Å²) in [4.78, 5) is 0. The third-order valence-corrected chi connectivity index (χ3v) is 7.54. The molecule has 0 radical (unpaired) electrons. The molecule has 1 N–H and O–H groups in total. The number of nitrogens with one attached hydrogen (secondary N) is 1. The molecule has 32 heavy (non-hydrogen) atoms. The summed E-state index contributed by atoms with van der Waals surface area (Å²) < 4.78 is 57.2. The van der Waals surface area contributed by atoms with Gasteiger partial charge in [0.1, 0.15) is 11.6 Å². The molecular formula is C24H23ClF2N2O2S. The highest BCUT2D eigenvalue weighted by molar-refractivity contribution is 7.90. The van der Waals surface area contributed by atoms with Crippen molar-refractivity contribution in [2.45, 2.75) is 18.8 Å². The molecule has 8 heteroatoms. The van der Waals surface area contributed by atoms with E-state index in [0.29, 0.717) is 30.2 Å². The molecule has 0 bridgehead atoms. The first-order valence-corrected chi connectivity index (χ1v) is 12.2. The molecule has 168 valence electrons. The van der Waals surface area contributed by atoms with Crippen molar-refractivity contribution >= 4 is 27.5 Å². The summed E-state index contributed by atoms with van der Waals surface area (Å²) in [5.41, 5.74) is 2.17. The van der Waals surface area contributed by atoms with Gasteiger partial charge in [0.25, 0.3) is 0 Å². The minimum atomic E-state index is -3.77. The monoisotopic (exact) mass is 476 g/mol. The number of piperidine rings is 1. The van der Waals surface area contributed by atoms with Crippen LogP contribution in [0.1, 0.15) is 29.9 Å². The summed E-state index contributed by atoms with van der Waals surface area (Å²) in [5, 5.41) is 0.521. The van der Waals surface area contributed by atoms with Crippen LogP contribution in [0.4, 0.5) is 14.5 Å². The highest BCUT2D eigenvalue weighted by Gasteiger charge is 2.34. The lowest BCUT2D eigenvalue weighted by Crippen LogP contribution is -2.44. The minimum absolute atomic E-state index is 0.0542. The summed E-state index contributed by atoms with van der Waals surface area (Å²) in [6.45, 7) is 0.696. The van der Waals surface area contributed by atoms with E-state index in [9.17, 15) is 17.2 Å². The van der Waals surface area contributed by atoms with Crippen LogP contribution in [-0.2, 0) is 10.2 Å². The van der Waals surface area contributed by atoms with Gasteiger partial charge in [0.05, 0.1) is 0 Å². The van der Waals surface area contributed by atoms with Gasteiger partial charge >= 0.3 is 10.2 Å². The second-order valence-electron chi connectivity index (χ2n) is 7.96. The van der Waals surface area contributed by atoms with Crippen LogP contribution in [0.3, 0.4) is 0 Å². The number of rotatable bonds is 6. The van der Waals surface area contributed by atoms with Crippen molar-refractivity contribution in [2.75, 3.05) is 17.8 Å². The molecular weight excluding hydrogens is 454 g/mol. The van der Waals surface area contributed by atoms with E-state index in [1.165, 1.54) is 28.6 Å². The van der Waals surface area contributed by atoms with Gasteiger partial charge in [0.2, 0.25) is 0 Å². The average molecular weight is 477 g/mol. The van der Waals surface area contributed by atoms with Crippen LogP contribution in [0.5, 0.6) is 0 Å². The quantitative estimate of drug-likeness (QED) is 0.487. The second kappa shape index (κ2) is 9.57. The van der Waals surface area contributed by atoms with Crippen molar-refractivity contribution in [3.8, 4) is 0 Å². The third kappa shape index (κ3) is 5.28. The van der Waals surface area contributed by atoms with Crippen molar-refractivity contribution in [1.29, 1.82) is 0 Å². The van der Waals surface area contributed by atoms with Crippen LogP contribution < -0.4 is 4.72 Å². The van der Waals surface area contributed by atoms with Crippen LogP contribution in [0.2, 0.25) is 5.02 Å². The maximum atomic E-state index is 13.5. The van der Waals surface area contributed by atoms with E-state index in [0.717, 1.165) is 17.5 Å². The zero-order valence-electron chi connectivity index (χ0n) is 17.2. The van der Waals surface area contributed by atoms with Gasteiger partial charge < -0.3 is 0 Å². The Labute approximate surface area is 192 Å². The highest BCUT2D eigenvalue weighted by atomic mass is 35.5. The van der Waals surface area contributed by atoms with Crippen LogP contribution in [0.25, 0.3) is 0 Å². The van der Waals surface area contributed by atoms with Crippen molar-refractivity contribution in [1.82, 2.24) is 4.31 Å². The Morgan fingerprint density at radius 2 is 1.41 bits per heavy atom. The molecule has 1 saturated heterocycles. The van der Waals surface area contributed by atoms with Crippen molar-refractivity contribution < 1.29 is 17.2 Å². The van der Waals surface area contributed by atoms with E-state index >= 15 is 0 Å². The van der Waals surface area contributed by atoms with E-state index in [4.69, 9.17) is 11.6 Å². The maximum Gasteiger partial charge on any atom is 0.301 e. The van der Waals surface area contributed by atoms with E-state index in [2.05, 4.69) is 4.72 Å². The van der Waals surface area contributed by atoms with Crippen LogP contribution in [-0.4, -0.2) is 25.8 Å². The molecule has 4 rings (SSSR count). The van der Waals surface area contributed by atoms with Gasteiger partial charge in [0, 0.05) is 29.7 Å². The Morgan fingerprint density at radius 3 is 1.94 bits per heavy atom.